The third kappa shape index (κ3) is 4.47. The summed E-state index contributed by atoms with van der Waals surface area (Å²) in [6, 6.07) is 16.4. The lowest BCUT2D eigenvalue weighted by molar-refractivity contribution is -0.118. The molecule has 1 aliphatic rings. The standard InChI is InChI=1S/C20H23N3O3/c21-20(26)15-6-8-16(9-7-15)22-19(25)13-23-11-10-17(18(24)12-23)14-4-2-1-3-5-14/h1-9,17-18,24H,10-13H2,(H2,21,26)(H,22,25)/t17-,18-/m1/s1. The molecule has 0 aliphatic carbocycles. The molecule has 0 bridgehead atoms. The molecular weight excluding hydrogens is 330 g/mol. The number of amides is 2. The predicted molar refractivity (Wildman–Crippen MR) is 99.8 cm³/mol. The third-order valence-corrected chi connectivity index (χ3v) is 4.71. The van der Waals surface area contributed by atoms with Gasteiger partial charge in [0.2, 0.25) is 11.8 Å². The molecule has 2 aromatic rings. The molecule has 4 N–H and O–H groups in total. The molecule has 6 nitrogen and oxygen atoms in total. The van der Waals surface area contributed by atoms with E-state index >= 15 is 0 Å². The van der Waals surface area contributed by atoms with Crippen LogP contribution in [0.5, 0.6) is 0 Å². The van der Waals surface area contributed by atoms with Gasteiger partial charge in [0.25, 0.3) is 0 Å². The lowest BCUT2D eigenvalue weighted by Gasteiger charge is -2.35. The quantitative estimate of drug-likeness (QED) is 0.760. The summed E-state index contributed by atoms with van der Waals surface area (Å²) in [6.45, 7) is 1.44. The Morgan fingerprint density at radius 2 is 1.81 bits per heavy atom. The number of nitrogens with one attached hydrogen (secondary N) is 1. The summed E-state index contributed by atoms with van der Waals surface area (Å²) in [5.41, 5.74) is 7.34. The highest BCUT2D eigenvalue weighted by molar-refractivity contribution is 5.95. The molecule has 2 aromatic carbocycles. The van der Waals surface area contributed by atoms with E-state index in [1.54, 1.807) is 24.3 Å². The molecule has 0 radical (unpaired) electrons. The summed E-state index contributed by atoms with van der Waals surface area (Å²) >= 11 is 0. The number of β-amino-alcohol motifs (C(OH)–C–C–N with tert-alkyl or cyclic N) is 1. The number of benzene rings is 2. The van der Waals surface area contributed by atoms with E-state index in [-0.39, 0.29) is 18.4 Å². The van der Waals surface area contributed by atoms with Gasteiger partial charge in [-0.1, -0.05) is 30.3 Å². The number of carbonyl (C=O) groups excluding carboxylic acids is 2. The van der Waals surface area contributed by atoms with E-state index in [2.05, 4.69) is 5.32 Å². The molecule has 1 aliphatic heterocycles. The molecule has 136 valence electrons. The number of piperidine rings is 1. The van der Waals surface area contributed by atoms with Crippen molar-refractivity contribution in [3.63, 3.8) is 0 Å². The van der Waals surface area contributed by atoms with Gasteiger partial charge in [0.05, 0.1) is 12.6 Å². The monoisotopic (exact) mass is 353 g/mol. The van der Waals surface area contributed by atoms with Gasteiger partial charge in [-0.05, 0) is 42.8 Å². The molecule has 2 amide bonds. The van der Waals surface area contributed by atoms with E-state index in [0.29, 0.717) is 17.8 Å². The zero-order valence-corrected chi connectivity index (χ0v) is 14.5. The van der Waals surface area contributed by atoms with Gasteiger partial charge in [-0.15, -0.1) is 0 Å². The van der Waals surface area contributed by atoms with Crippen molar-refractivity contribution in [1.82, 2.24) is 4.90 Å². The van der Waals surface area contributed by atoms with Crippen molar-refractivity contribution in [3.8, 4) is 0 Å². The fourth-order valence-corrected chi connectivity index (χ4v) is 3.35. The number of hydrogen-bond acceptors (Lipinski definition) is 4. The van der Waals surface area contributed by atoms with Crippen LogP contribution in [0.25, 0.3) is 0 Å². The van der Waals surface area contributed by atoms with Crippen LogP contribution in [-0.2, 0) is 4.79 Å². The van der Waals surface area contributed by atoms with Crippen LogP contribution in [0.2, 0.25) is 0 Å². The van der Waals surface area contributed by atoms with Crippen LogP contribution in [0.15, 0.2) is 54.6 Å². The highest BCUT2D eigenvalue weighted by Gasteiger charge is 2.29. The van der Waals surface area contributed by atoms with E-state index in [1.165, 1.54) is 0 Å². The summed E-state index contributed by atoms with van der Waals surface area (Å²) in [5.74, 6) is -0.544. The number of hydrogen-bond donors (Lipinski definition) is 3. The summed E-state index contributed by atoms with van der Waals surface area (Å²) < 4.78 is 0. The zero-order chi connectivity index (χ0) is 18.5. The van der Waals surface area contributed by atoms with Crippen LogP contribution in [-0.4, -0.2) is 47.6 Å². The van der Waals surface area contributed by atoms with Gasteiger partial charge in [0.1, 0.15) is 0 Å². The molecule has 3 rings (SSSR count). The minimum absolute atomic E-state index is 0.108. The zero-order valence-electron chi connectivity index (χ0n) is 14.5. The number of nitrogens with two attached hydrogens (primary N) is 1. The summed E-state index contributed by atoms with van der Waals surface area (Å²) in [7, 11) is 0. The molecule has 0 spiro atoms. The highest BCUT2D eigenvalue weighted by Crippen LogP contribution is 2.28. The third-order valence-electron chi connectivity index (χ3n) is 4.71. The van der Waals surface area contributed by atoms with Gasteiger partial charge in [-0.2, -0.15) is 0 Å². The normalized spacial score (nSPS) is 20.5. The molecular formula is C20H23N3O3. The Balaban J connectivity index is 1.52. The summed E-state index contributed by atoms with van der Waals surface area (Å²) in [4.78, 5) is 25.2. The van der Waals surface area contributed by atoms with Crippen molar-refractivity contribution in [2.45, 2.75) is 18.4 Å². The Hall–Kier alpha value is -2.70. The molecule has 2 atom stereocenters. The van der Waals surface area contributed by atoms with Crippen LogP contribution in [0.1, 0.15) is 28.3 Å². The van der Waals surface area contributed by atoms with Gasteiger partial charge in [0.15, 0.2) is 0 Å². The number of rotatable bonds is 5. The first-order valence-corrected chi connectivity index (χ1v) is 8.68. The number of aliphatic hydroxyl groups is 1. The molecule has 1 heterocycles. The summed E-state index contributed by atoms with van der Waals surface area (Å²) in [5, 5.41) is 13.3. The van der Waals surface area contributed by atoms with Crippen molar-refractivity contribution in [3.05, 3.63) is 65.7 Å². The van der Waals surface area contributed by atoms with Gasteiger partial charge < -0.3 is 16.2 Å². The van der Waals surface area contributed by atoms with E-state index in [4.69, 9.17) is 5.73 Å². The van der Waals surface area contributed by atoms with E-state index in [9.17, 15) is 14.7 Å². The molecule has 1 saturated heterocycles. The number of anilines is 1. The first-order chi connectivity index (χ1) is 12.5. The van der Waals surface area contributed by atoms with Crippen LogP contribution in [0.4, 0.5) is 5.69 Å². The first-order valence-electron chi connectivity index (χ1n) is 8.68. The maximum Gasteiger partial charge on any atom is 0.248 e. The van der Waals surface area contributed by atoms with Crippen LogP contribution >= 0.6 is 0 Å². The second-order valence-corrected chi connectivity index (χ2v) is 6.60. The number of likely N-dealkylation sites (tertiary alicyclic amines) is 1. The Labute approximate surface area is 152 Å². The number of nitrogens with zero attached hydrogens (tertiary/aromatic N) is 1. The van der Waals surface area contributed by atoms with Crippen molar-refractivity contribution >= 4 is 17.5 Å². The van der Waals surface area contributed by atoms with Gasteiger partial charge in [-0.25, -0.2) is 0 Å². The topological polar surface area (TPSA) is 95.7 Å². The number of primary amides is 1. The predicted octanol–water partition coefficient (Wildman–Crippen LogP) is 1.57. The van der Waals surface area contributed by atoms with Gasteiger partial charge in [0, 0.05) is 23.7 Å². The minimum atomic E-state index is -0.502. The van der Waals surface area contributed by atoms with E-state index in [1.807, 2.05) is 35.2 Å². The lowest BCUT2D eigenvalue weighted by Crippen LogP contribution is -2.45. The van der Waals surface area contributed by atoms with Crippen LogP contribution in [0, 0.1) is 0 Å². The smallest absolute Gasteiger partial charge is 0.248 e. The fourth-order valence-electron chi connectivity index (χ4n) is 3.35. The maximum absolute atomic E-state index is 12.2. The SMILES string of the molecule is NC(=O)c1ccc(NC(=O)CN2CC[C@H](c3ccccc3)[C@H](O)C2)cc1. The molecule has 1 fully saturated rings. The van der Waals surface area contributed by atoms with Crippen molar-refractivity contribution in [1.29, 1.82) is 0 Å². The Morgan fingerprint density at radius 1 is 1.12 bits per heavy atom. The molecule has 6 heteroatoms. The molecule has 26 heavy (non-hydrogen) atoms. The van der Waals surface area contributed by atoms with Crippen LogP contribution in [0.3, 0.4) is 0 Å². The van der Waals surface area contributed by atoms with Crippen molar-refractivity contribution in [2.24, 2.45) is 5.73 Å². The maximum atomic E-state index is 12.2. The molecule has 0 saturated carbocycles. The average molecular weight is 353 g/mol. The van der Waals surface area contributed by atoms with Crippen molar-refractivity contribution in [2.75, 3.05) is 25.0 Å². The Morgan fingerprint density at radius 3 is 2.42 bits per heavy atom. The van der Waals surface area contributed by atoms with Gasteiger partial charge >= 0.3 is 0 Å². The van der Waals surface area contributed by atoms with E-state index in [0.717, 1.165) is 18.5 Å². The fraction of sp³-hybridized carbons (Fsp3) is 0.300. The van der Waals surface area contributed by atoms with Crippen molar-refractivity contribution < 1.29 is 14.7 Å². The second kappa shape index (κ2) is 8.12. The molecule has 0 unspecified atom stereocenters. The minimum Gasteiger partial charge on any atom is -0.391 e. The number of aliphatic hydroxyl groups excluding tert-OH is 1. The Bertz CT molecular complexity index is 762. The highest BCUT2D eigenvalue weighted by atomic mass is 16.3. The first kappa shape index (κ1) is 18.1. The average Bonchev–Trinajstić information content (AvgIpc) is 2.63. The van der Waals surface area contributed by atoms with Crippen LogP contribution < -0.4 is 11.1 Å². The second-order valence-electron chi connectivity index (χ2n) is 6.60. The molecule has 0 aromatic heterocycles. The van der Waals surface area contributed by atoms with Gasteiger partial charge in [-0.3, -0.25) is 14.5 Å². The van der Waals surface area contributed by atoms with E-state index < -0.39 is 12.0 Å². The Kier molecular flexibility index (Phi) is 5.65. The largest absolute Gasteiger partial charge is 0.391 e. The lowest BCUT2D eigenvalue weighted by atomic mass is 9.87. The number of carbonyl (C=O) groups is 2. The summed E-state index contributed by atoms with van der Waals surface area (Å²) in [6.07, 6.45) is 0.319.